The quantitative estimate of drug-likeness (QED) is 0.397. The van der Waals surface area contributed by atoms with E-state index in [9.17, 15) is 23.9 Å². The number of carbonyl (C=O) groups excluding carboxylic acids is 1. The number of cyclic esters (lactones) is 1. The lowest BCUT2D eigenvalue weighted by atomic mass is 9.85. The molecule has 0 unspecified atom stereocenters. The van der Waals surface area contributed by atoms with E-state index in [1.165, 1.54) is 10.6 Å². The number of carbonyl (C=O) groups is 1. The fraction of sp³-hybridized carbons (Fsp3) is 0.464. The van der Waals surface area contributed by atoms with Gasteiger partial charge in [-0.2, -0.15) is 0 Å². The Kier molecular flexibility index (Phi) is 5.83. The van der Waals surface area contributed by atoms with Crippen molar-refractivity contribution in [2.75, 3.05) is 6.54 Å². The molecule has 10 heteroatoms. The number of aromatic nitrogens is 2. The van der Waals surface area contributed by atoms with Crippen LogP contribution in [-0.2, 0) is 34.8 Å². The predicted octanol–water partition coefficient (Wildman–Crippen LogP) is 3.51. The van der Waals surface area contributed by atoms with E-state index in [1.54, 1.807) is 13.0 Å². The molecular formula is C28H29ClFN3O5. The van der Waals surface area contributed by atoms with Crippen molar-refractivity contribution in [1.29, 1.82) is 0 Å². The third kappa shape index (κ3) is 3.45. The number of benzene rings is 1. The second-order valence-electron chi connectivity index (χ2n) is 10.8. The highest BCUT2D eigenvalue weighted by molar-refractivity contribution is 6.31. The lowest BCUT2D eigenvalue weighted by Crippen LogP contribution is -2.44. The molecule has 200 valence electrons. The molecule has 0 bridgehead atoms. The van der Waals surface area contributed by atoms with Gasteiger partial charge in [0.15, 0.2) is 11.0 Å². The molecule has 8 nitrogen and oxygen atoms in total. The zero-order valence-corrected chi connectivity index (χ0v) is 22.3. The summed E-state index contributed by atoms with van der Waals surface area (Å²) in [5.41, 5.74) is -0.714. The van der Waals surface area contributed by atoms with Crippen LogP contribution in [0.3, 0.4) is 0 Å². The Morgan fingerprint density at radius 3 is 2.71 bits per heavy atom. The molecule has 6 rings (SSSR count). The Balaban J connectivity index is 1.64. The van der Waals surface area contributed by atoms with Crippen molar-refractivity contribution in [2.24, 2.45) is 0 Å². The van der Waals surface area contributed by atoms with Gasteiger partial charge in [0.25, 0.3) is 5.56 Å². The summed E-state index contributed by atoms with van der Waals surface area (Å²) >= 11 is 6.19. The molecule has 0 radical (unpaired) electrons. The van der Waals surface area contributed by atoms with E-state index in [2.05, 4.69) is 18.7 Å². The van der Waals surface area contributed by atoms with Gasteiger partial charge in [0, 0.05) is 29.6 Å². The summed E-state index contributed by atoms with van der Waals surface area (Å²) in [6.45, 7) is 7.32. The van der Waals surface area contributed by atoms with Crippen LogP contribution in [-0.4, -0.2) is 43.7 Å². The van der Waals surface area contributed by atoms with Gasteiger partial charge in [0.2, 0.25) is 0 Å². The zero-order valence-electron chi connectivity index (χ0n) is 21.5. The molecule has 38 heavy (non-hydrogen) atoms. The van der Waals surface area contributed by atoms with Crippen molar-refractivity contribution in [3.05, 3.63) is 66.4 Å². The molecule has 2 aromatic heterocycles. The highest BCUT2D eigenvalue weighted by Crippen LogP contribution is 2.39. The third-order valence-electron chi connectivity index (χ3n) is 8.50. The number of halogens is 2. The van der Waals surface area contributed by atoms with Crippen LogP contribution >= 0.6 is 11.6 Å². The number of esters is 1. The van der Waals surface area contributed by atoms with E-state index in [1.807, 2.05) is 4.57 Å². The number of likely N-dealkylation sites (tertiary alicyclic amines) is 1. The second-order valence-corrected chi connectivity index (χ2v) is 11.2. The van der Waals surface area contributed by atoms with Crippen LogP contribution in [0.25, 0.3) is 22.2 Å². The van der Waals surface area contributed by atoms with Crippen molar-refractivity contribution < 1.29 is 19.0 Å². The molecule has 5 heterocycles. The highest BCUT2D eigenvalue weighted by Gasteiger charge is 2.45. The normalized spacial score (nSPS) is 22.6. The monoisotopic (exact) mass is 541 g/mol. The number of hydrogen-bond donors (Lipinski definition) is 1. The van der Waals surface area contributed by atoms with Crippen LogP contribution in [0.2, 0.25) is 5.02 Å². The minimum absolute atomic E-state index is 0.00691. The van der Waals surface area contributed by atoms with Gasteiger partial charge in [-0.25, -0.2) is 9.18 Å². The van der Waals surface area contributed by atoms with Crippen molar-refractivity contribution in [2.45, 2.75) is 77.4 Å². The minimum Gasteiger partial charge on any atom is -0.458 e. The van der Waals surface area contributed by atoms with E-state index in [0.717, 1.165) is 25.5 Å². The van der Waals surface area contributed by atoms with Crippen LogP contribution in [0.1, 0.15) is 56.9 Å². The van der Waals surface area contributed by atoms with Gasteiger partial charge in [-0.3, -0.25) is 14.5 Å². The topological polar surface area (TPSA) is 93.8 Å². The number of fused-ring (bicyclic) bond motifs is 5. The highest BCUT2D eigenvalue weighted by atomic mass is 35.5. The number of hydrogen-bond acceptors (Lipinski definition) is 6. The number of aliphatic hydroxyl groups is 1. The van der Waals surface area contributed by atoms with Gasteiger partial charge in [-0.15, -0.1) is 0 Å². The Hall–Kier alpha value is -3.01. The van der Waals surface area contributed by atoms with Gasteiger partial charge in [0.05, 0.1) is 39.6 Å². The summed E-state index contributed by atoms with van der Waals surface area (Å²) in [7, 11) is 0. The molecule has 1 saturated heterocycles. The van der Waals surface area contributed by atoms with Gasteiger partial charge in [-0.1, -0.05) is 18.5 Å². The summed E-state index contributed by atoms with van der Waals surface area (Å²) in [5.74, 6) is -1.52. The van der Waals surface area contributed by atoms with E-state index < -0.39 is 28.4 Å². The smallest absolute Gasteiger partial charge is 0.343 e. The van der Waals surface area contributed by atoms with Gasteiger partial charge < -0.3 is 19.0 Å². The van der Waals surface area contributed by atoms with Crippen LogP contribution in [0.5, 0.6) is 0 Å². The molecule has 3 aliphatic heterocycles. The standard InChI is InChI=1S/C28H29ClFN3O5/c1-4-28(37)18-9-22-24-23(12-33(22)26(35)17(18)13-38-27(28)36)32(11-15-6-5-7-31(15)14(2)3)21-10-19(29)20(30)8-16(21)25(24)34/h8-10,14-15,37H,4-7,11-13H2,1-3H3/t15-,28-/m0/s1. The maximum atomic E-state index is 14.6. The van der Waals surface area contributed by atoms with Crippen LogP contribution in [0, 0.1) is 5.82 Å². The Morgan fingerprint density at radius 2 is 2.00 bits per heavy atom. The average Bonchev–Trinajstić information content (AvgIpc) is 3.51. The summed E-state index contributed by atoms with van der Waals surface area (Å²) in [5, 5.41) is 11.3. The maximum Gasteiger partial charge on any atom is 0.343 e. The first-order valence-electron chi connectivity index (χ1n) is 13.0. The number of pyridine rings is 2. The summed E-state index contributed by atoms with van der Waals surface area (Å²) < 4.78 is 23.3. The van der Waals surface area contributed by atoms with E-state index >= 15 is 0 Å². The molecule has 1 N–H and O–H groups in total. The molecular weight excluding hydrogens is 513 g/mol. The van der Waals surface area contributed by atoms with Crippen molar-refractivity contribution in [3.8, 4) is 11.3 Å². The summed E-state index contributed by atoms with van der Waals surface area (Å²) in [4.78, 5) is 42.5. The molecule has 1 aromatic carbocycles. The molecule has 0 amide bonds. The van der Waals surface area contributed by atoms with Crippen molar-refractivity contribution in [1.82, 2.24) is 14.0 Å². The van der Waals surface area contributed by atoms with Crippen molar-refractivity contribution >= 4 is 28.5 Å². The Labute approximate surface area is 223 Å². The SMILES string of the molecule is CC[C@@]1(O)C(=O)OCc2c1cc1n(c2=O)Cc2c-1c(=O)c1cc(F)c(Cl)cc1n2C[C@@H]1CCCN1C(C)C. The molecule has 3 aromatic rings. The molecule has 0 aliphatic carbocycles. The molecule has 2 atom stereocenters. The Bertz CT molecular complexity index is 1640. The fourth-order valence-electron chi connectivity index (χ4n) is 6.48. The number of rotatable bonds is 4. The molecule has 0 saturated carbocycles. The first-order valence-corrected chi connectivity index (χ1v) is 13.4. The first kappa shape index (κ1) is 25.3. The van der Waals surface area contributed by atoms with Gasteiger partial charge in [-0.05, 0) is 57.9 Å². The number of nitrogens with zero attached hydrogens (tertiary/aromatic N) is 3. The van der Waals surface area contributed by atoms with Crippen LogP contribution in [0.15, 0.2) is 27.8 Å². The molecule has 0 spiro atoms. The van der Waals surface area contributed by atoms with Crippen LogP contribution < -0.4 is 11.0 Å². The second kappa shape index (κ2) is 8.76. The van der Waals surface area contributed by atoms with E-state index in [0.29, 0.717) is 29.5 Å². The van der Waals surface area contributed by atoms with Crippen LogP contribution in [0.4, 0.5) is 4.39 Å². The summed E-state index contributed by atoms with van der Waals surface area (Å²) in [6, 6.07) is 4.73. The fourth-order valence-corrected chi connectivity index (χ4v) is 6.64. The van der Waals surface area contributed by atoms with Crippen molar-refractivity contribution in [3.63, 3.8) is 0 Å². The maximum absolute atomic E-state index is 14.6. The minimum atomic E-state index is -1.98. The largest absolute Gasteiger partial charge is 0.458 e. The lowest BCUT2D eigenvalue weighted by molar-refractivity contribution is -0.172. The first-order chi connectivity index (χ1) is 18.1. The van der Waals surface area contributed by atoms with E-state index in [4.69, 9.17) is 16.3 Å². The number of ether oxygens (including phenoxy) is 1. The van der Waals surface area contributed by atoms with Gasteiger partial charge in [0.1, 0.15) is 12.4 Å². The van der Waals surface area contributed by atoms with E-state index in [-0.39, 0.29) is 52.7 Å². The Morgan fingerprint density at radius 1 is 1.24 bits per heavy atom. The third-order valence-corrected chi connectivity index (χ3v) is 8.79. The van der Waals surface area contributed by atoms with Gasteiger partial charge >= 0.3 is 5.97 Å². The molecule has 3 aliphatic rings. The molecule has 1 fully saturated rings. The average molecular weight is 542 g/mol. The zero-order chi connectivity index (χ0) is 27.1. The lowest BCUT2D eigenvalue weighted by Gasteiger charge is -2.31. The summed E-state index contributed by atoms with van der Waals surface area (Å²) in [6.07, 6.45) is 2.03. The predicted molar refractivity (Wildman–Crippen MR) is 141 cm³/mol.